The second-order valence-electron chi connectivity index (χ2n) is 6.37. The van der Waals surface area contributed by atoms with E-state index >= 15 is 0 Å². The summed E-state index contributed by atoms with van der Waals surface area (Å²) < 4.78 is 5.43. The van der Waals surface area contributed by atoms with Crippen molar-refractivity contribution in [3.63, 3.8) is 0 Å². The predicted octanol–water partition coefficient (Wildman–Crippen LogP) is 4.54. The zero-order valence-electron chi connectivity index (χ0n) is 14.4. The van der Waals surface area contributed by atoms with Gasteiger partial charge in [0.25, 0.3) is 0 Å². The summed E-state index contributed by atoms with van der Waals surface area (Å²) in [7, 11) is 0. The van der Waals surface area contributed by atoms with E-state index in [4.69, 9.17) is 27.6 Å². The van der Waals surface area contributed by atoms with Crippen molar-refractivity contribution < 1.29 is 9.73 Å². The van der Waals surface area contributed by atoms with Crippen molar-refractivity contribution >= 4 is 34.2 Å². The quantitative estimate of drug-likeness (QED) is 0.679. The average Bonchev–Trinajstić information content (AvgIpc) is 2.56. The molecule has 5 heteroatoms. The molecule has 0 amide bonds. The molecule has 3 aromatic rings. The Hall–Kier alpha value is -1.81. The highest BCUT2D eigenvalue weighted by Gasteiger charge is 2.15. The molecule has 0 fully saturated rings. The van der Waals surface area contributed by atoms with E-state index < -0.39 is 0 Å². The average molecular weight is 377 g/mol. The summed E-state index contributed by atoms with van der Waals surface area (Å²) in [4.78, 5) is 12.0. The number of aryl methyl sites for hydroxylation is 2. The van der Waals surface area contributed by atoms with Gasteiger partial charge in [-0.15, -0.1) is 0 Å². The summed E-state index contributed by atoms with van der Waals surface area (Å²) in [5, 5.41) is 4.41. The SMILES string of the molecule is Cc1ccc2c(C[NH2+][C@H](C)c3ccc(Cl)cc3Cl)cc(=O)oc2c1C. The Morgan fingerprint density at radius 3 is 2.60 bits per heavy atom. The lowest BCUT2D eigenvalue weighted by molar-refractivity contribution is -0.707. The van der Waals surface area contributed by atoms with Crippen LogP contribution in [0.5, 0.6) is 0 Å². The van der Waals surface area contributed by atoms with E-state index in [1.807, 2.05) is 32.0 Å². The third kappa shape index (κ3) is 3.74. The lowest BCUT2D eigenvalue weighted by atomic mass is 10.0. The van der Waals surface area contributed by atoms with Crippen LogP contribution in [-0.4, -0.2) is 0 Å². The van der Waals surface area contributed by atoms with Crippen LogP contribution in [0.3, 0.4) is 0 Å². The first-order valence-electron chi connectivity index (χ1n) is 8.18. The fraction of sp³-hybridized carbons (Fsp3) is 0.250. The van der Waals surface area contributed by atoms with Crippen molar-refractivity contribution in [1.29, 1.82) is 0 Å². The van der Waals surface area contributed by atoms with E-state index in [-0.39, 0.29) is 11.7 Å². The van der Waals surface area contributed by atoms with E-state index in [0.717, 1.165) is 27.6 Å². The van der Waals surface area contributed by atoms with Crippen LogP contribution in [0.1, 0.15) is 35.2 Å². The van der Waals surface area contributed by atoms with Gasteiger partial charge in [-0.25, -0.2) is 4.79 Å². The van der Waals surface area contributed by atoms with Crippen LogP contribution < -0.4 is 10.9 Å². The maximum absolute atomic E-state index is 12.0. The molecule has 0 aliphatic carbocycles. The monoisotopic (exact) mass is 376 g/mol. The van der Waals surface area contributed by atoms with Crippen molar-refractivity contribution in [1.82, 2.24) is 0 Å². The predicted molar refractivity (Wildman–Crippen MR) is 102 cm³/mol. The molecule has 0 bridgehead atoms. The van der Waals surface area contributed by atoms with Gasteiger partial charge in [0.1, 0.15) is 18.2 Å². The molecule has 0 spiro atoms. The number of hydrogen-bond donors (Lipinski definition) is 1. The first kappa shape index (κ1) is 18.0. The second kappa shape index (κ2) is 7.20. The van der Waals surface area contributed by atoms with Crippen LogP contribution >= 0.6 is 23.2 Å². The number of fused-ring (bicyclic) bond motifs is 1. The van der Waals surface area contributed by atoms with Crippen LogP contribution in [0.25, 0.3) is 11.0 Å². The van der Waals surface area contributed by atoms with Gasteiger partial charge in [0.05, 0.1) is 5.02 Å². The van der Waals surface area contributed by atoms with Crippen LogP contribution in [-0.2, 0) is 6.54 Å². The maximum Gasteiger partial charge on any atom is 0.336 e. The summed E-state index contributed by atoms with van der Waals surface area (Å²) in [6.45, 7) is 6.73. The third-order valence-electron chi connectivity index (χ3n) is 4.66. The van der Waals surface area contributed by atoms with Gasteiger partial charge in [0.15, 0.2) is 0 Å². The van der Waals surface area contributed by atoms with Gasteiger partial charge in [0, 0.05) is 27.6 Å². The molecule has 0 saturated heterocycles. The summed E-state index contributed by atoms with van der Waals surface area (Å²) in [6, 6.07) is 11.3. The van der Waals surface area contributed by atoms with Gasteiger partial charge in [-0.05, 0) is 44.0 Å². The molecule has 0 saturated carbocycles. The fourth-order valence-corrected chi connectivity index (χ4v) is 3.58. The smallest absolute Gasteiger partial charge is 0.336 e. The summed E-state index contributed by atoms with van der Waals surface area (Å²) in [6.07, 6.45) is 0. The number of benzene rings is 2. The molecule has 130 valence electrons. The lowest BCUT2D eigenvalue weighted by Crippen LogP contribution is -2.83. The Morgan fingerprint density at radius 2 is 1.88 bits per heavy atom. The van der Waals surface area contributed by atoms with Crippen molar-refractivity contribution in [3.8, 4) is 0 Å². The highest BCUT2D eigenvalue weighted by atomic mass is 35.5. The minimum atomic E-state index is -0.318. The van der Waals surface area contributed by atoms with Crippen LogP contribution in [0.2, 0.25) is 10.0 Å². The molecule has 1 atom stereocenters. The molecular weight excluding hydrogens is 357 g/mol. The molecule has 2 N–H and O–H groups in total. The molecule has 25 heavy (non-hydrogen) atoms. The highest BCUT2D eigenvalue weighted by molar-refractivity contribution is 6.35. The van der Waals surface area contributed by atoms with Crippen LogP contribution in [0.15, 0.2) is 45.6 Å². The van der Waals surface area contributed by atoms with Crippen LogP contribution in [0.4, 0.5) is 0 Å². The van der Waals surface area contributed by atoms with Gasteiger partial charge in [-0.3, -0.25) is 0 Å². The van der Waals surface area contributed by atoms with Gasteiger partial charge in [0.2, 0.25) is 0 Å². The Kier molecular flexibility index (Phi) is 5.19. The molecule has 0 aliphatic rings. The molecule has 1 aromatic heterocycles. The fourth-order valence-electron chi connectivity index (χ4n) is 2.99. The maximum atomic E-state index is 12.0. The zero-order chi connectivity index (χ0) is 18.1. The van der Waals surface area contributed by atoms with E-state index in [9.17, 15) is 4.79 Å². The molecule has 3 rings (SSSR count). The number of hydrogen-bond acceptors (Lipinski definition) is 2. The van der Waals surface area contributed by atoms with Crippen molar-refractivity contribution in [2.45, 2.75) is 33.4 Å². The van der Waals surface area contributed by atoms with Crippen molar-refractivity contribution in [3.05, 3.63) is 79.1 Å². The number of quaternary nitrogens is 1. The molecule has 3 nitrogen and oxygen atoms in total. The third-order valence-corrected chi connectivity index (χ3v) is 5.22. The molecule has 2 aromatic carbocycles. The number of halogens is 2. The Labute approximate surface area is 156 Å². The Bertz CT molecular complexity index is 995. The van der Waals surface area contributed by atoms with Crippen molar-refractivity contribution in [2.24, 2.45) is 0 Å². The first-order chi connectivity index (χ1) is 11.9. The van der Waals surface area contributed by atoms with Crippen LogP contribution in [0, 0.1) is 13.8 Å². The Balaban J connectivity index is 1.90. The van der Waals surface area contributed by atoms with E-state index in [1.54, 1.807) is 12.1 Å². The standard InChI is InChI=1S/C20H19Cl2NO2/c1-11-4-6-17-14(8-19(24)25-20(17)12(11)2)10-23-13(3)16-7-5-15(21)9-18(16)22/h4-9,13,23H,10H2,1-3H3/p+1/t13-/m1/s1. The number of rotatable bonds is 4. The number of nitrogens with two attached hydrogens (primary N) is 1. The summed E-state index contributed by atoms with van der Waals surface area (Å²) in [5.41, 5.74) is 4.45. The minimum absolute atomic E-state index is 0.138. The molecule has 1 heterocycles. The van der Waals surface area contributed by atoms with Gasteiger partial charge < -0.3 is 9.73 Å². The normalized spacial score (nSPS) is 12.5. The largest absolute Gasteiger partial charge is 0.422 e. The molecule has 0 radical (unpaired) electrons. The molecule has 0 aliphatic heterocycles. The lowest BCUT2D eigenvalue weighted by Gasteiger charge is -2.14. The summed E-state index contributed by atoms with van der Waals surface area (Å²) >= 11 is 12.3. The van der Waals surface area contributed by atoms with E-state index in [2.05, 4.69) is 18.3 Å². The van der Waals surface area contributed by atoms with Gasteiger partial charge in [-0.2, -0.15) is 0 Å². The minimum Gasteiger partial charge on any atom is -0.422 e. The Morgan fingerprint density at radius 1 is 1.12 bits per heavy atom. The highest BCUT2D eigenvalue weighted by Crippen LogP contribution is 2.25. The second-order valence-corrected chi connectivity index (χ2v) is 7.21. The zero-order valence-corrected chi connectivity index (χ0v) is 15.9. The van der Waals surface area contributed by atoms with Gasteiger partial charge in [-0.1, -0.05) is 41.4 Å². The van der Waals surface area contributed by atoms with Crippen molar-refractivity contribution in [2.75, 3.05) is 0 Å². The topological polar surface area (TPSA) is 46.8 Å². The molecule has 0 unspecified atom stereocenters. The van der Waals surface area contributed by atoms with E-state index in [0.29, 0.717) is 22.2 Å². The first-order valence-corrected chi connectivity index (χ1v) is 8.93. The molecular formula is C20H20Cl2NO2+. The van der Waals surface area contributed by atoms with E-state index in [1.165, 1.54) is 0 Å². The van der Waals surface area contributed by atoms with Gasteiger partial charge >= 0.3 is 5.63 Å². The summed E-state index contributed by atoms with van der Waals surface area (Å²) in [5.74, 6) is 0.